The Morgan fingerprint density at radius 2 is 2.10 bits per heavy atom. The minimum absolute atomic E-state index is 0.0393. The largest absolute Gasteiger partial charge is 0.409 e. The molecule has 0 bridgehead atoms. The van der Waals surface area contributed by atoms with Crippen LogP contribution in [0.25, 0.3) is 0 Å². The molecule has 1 aromatic rings. The number of pyridine rings is 1. The number of rotatable bonds is 7. The van der Waals surface area contributed by atoms with Gasteiger partial charge in [-0.25, -0.2) is 0 Å². The van der Waals surface area contributed by atoms with Gasteiger partial charge in [-0.3, -0.25) is 9.78 Å². The second kappa shape index (κ2) is 7.47. The lowest BCUT2D eigenvalue weighted by Gasteiger charge is -2.30. The Kier molecular flexibility index (Phi) is 5.96. The van der Waals surface area contributed by atoms with E-state index in [9.17, 15) is 4.79 Å². The van der Waals surface area contributed by atoms with Crippen molar-refractivity contribution in [1.82, 2.24) is 4.98 Å². The van der Waals surface area contributed by atoms with Gasteiger partial charge in [-0.2, -0.15) is 0 Å². The van der Waals surface area contributed by atoms with E-state index in [2.05, 4.69) is 15.5 Å². The molecule has 0 aromatic carbocycles. The van der Waals surface area contributed by atoms with E-state index >= 15 is 0 Å². The Labute approximate surface area is 119 Å². The fraction of sp³-hybridized carbons (Fsp3) is 0.500. The molecule has 1 amide bonds. The van der Waals surface area contributed by atoms with Gasteiger partial charge in [0.2, 0.25) is 5.91 Å². The van der Waals surface area contributed by atoms with E-state index in [1.165, 1.54) is 0 Å². The summed E-state index contributed by atoms with van der Waals surface area (Å²) in [7, 11) is 0. The first-order chi connectivity index (χ1) is 9.60. The number of hydrogen-bond acceptors (Lipinski definition) is 4. The molecule has 0 radical (unpaired) electrons. The van der Waals surface area contributed by atoms with E-state index in [1.54, 1.807) is 24.5 Å². The number of nitrogens with two attached hydrogens (primary N) is 1. The molecule has 0 aliphatic heterocycles. The standard InChI is InChI=1S/C14H22N4O2/c1-3-7-14(8-4-2,12(15)18-20)13(19)17-11-6-5-9-16-10-11/h5-6,9-10,20H,3-4,7-8H2,1-2H3,(H2,15,18)(H,17,19). The van der Waals surface area contributed by atoms with E-state index in [4.69, 9.17) is 10.9 Å². The molecular weight excluding hydrogens is 256 g/mol. The van der Waals surface area contributed by atoms with E-state index in [0.717, 1.165) is 12.8 Å². The normalized spacial score (nSPS) is 12.2. The van der Waals surface area contributed by atoms with Crippen LogP contribution in [-0.4, -0.2) is 21.9 Å². The first kappa shape index (κ1) is 15.9. The van der Waals surface area contributed by atoms with Gasteiger partial charge in [-0.1, -0.05) is 31.8 Å². The van der Waals surface area contributed by atoms with Crippen LogP contribution in [0.4, 0.5) is 5.69 Å². The summed E-state index contributed by atoms with van der Waals surface area (Å²) in [4.78, 5) is 16.6. The van der Waals surface area contributed by atoms with Crippen LogP contribution >= 0.6 is 0 Å². The lowest BCUT2D eigenvalue weighted by molar-refractivity contribution is -0.123. The molecule has 110 valence electrons. The summed E-state index contributed by atoms with van der Waals surface area (Å²) in [6, 6.07) is 3.49. The van der Waals surface area contributed by atoms with Gasteiger partial charge in [-0.15, -0.1) is 0 Å². The summed E-state index contributed by atoms with van der Waals surface area (Å²) in [5, 5.41) is 14.9. The second-order valence-electron chi connectivity index (χ2n) is 4.76. The van der Waals surface area contributed by atoms with Crippen molar-refractivity contribution < 1.29 is 10.0 Å². The highest BCUT2D eigenvalue weighted by Crippen LogP contribution is 2.32. The Balaban J connectivity index is 3.05. The van der Waals surface area contributed by atoms with Crippen LogP contribution in [0.1, 0.15) is 39.5 Å². The van der Waals surface area contributed by atoms with Crippen LogP contribution in [0, 0.1) is 5.41 Å². The predicted octanol–water partition coefficient (Wildman–Crippen LogP) is 2.35. The van der Waals surface area contributed by atoms with E-state index in [-0.39, 0.29) is 11.7 Å². The fourth-order valence-electron chi connectivity index (χ4n) is 2.36. The first-order valence-electron chi connectivity index (χ1n) is 6.80. The van der Waals surface area contributed by atoms with Crippen LogP contribution in [0.15, 0.2) is 29.7 Å². The molecule has 0 saturated heterocycles. The molecule has 0 unspecified atom stereocenters. The van der Waals surface area contributed by atoms with Gasteiger partial charge >= 0.3 is 0 Å². The molecule has 4 N–H and O–H groups in total. The van der Waals surface area contributed by atoms with Crippen molar-refractivity contribution in [3.05, 3.63) is 24.5 Å². The zero-order valence-corrected chi connectivity index (χ0v) is 12.0. The number of amides is 1. The van der Waals surface area contributed by atoms with Crippen molar-refractivity contribution in [2.75, 3.05) is 5.32 Å². The van der Waals surface area contributed by atoms with Crippen LogP contribution in [0.2, 0.25) is 0 Å². The Bertz CT molecular complexity index is 454. The molecule has 1 heterocycles. The smallest absolute Gasteiger partial charge is 0.238 e. The maximum absolute atomic E-state index is 12.6. The van der Waals surface area contributed by atoms with Crippen LogP contribution in [-0.2, 0) is 4.79 Å². The summed E-state index contributed by atoms with van der Waals surface area (Å²) < 4.78 is 0. The van der Waals surface area contributed by atoms with Crippen molar-refractivity contribution in [2.24, 2.45) is 16.3 Å². The lowest BCUT2D eigenvalue weighted by Crippen LogP contribution is -2.47. The SMILES string of the molecule is CCCC(CCC)(C(=O)Nc1cccnc1)C(N)=NO. The molecule has 0 atom stereocenters. The minimum atomic E-state index is -0.978. The molecule has 20 heavy (non-hydrogen) atoms. The molecule has 6 heteroatoms. The summed E-state index contributed by atoms with van der Waals surface area (Å²) in [5.41, 5.74) is 5.42. The van der Waals surface area contributed by atoms with Crippen molar-refractivity contribution in [1.29, 1.82) is 0 Å². The number of aromatic nitrogens is 1. The summed E-state index contributed by atoms with van der Waals surface area (Å²) >= 11 is 0. The molecule has 1 rings (SSSR count). The van der Waals surface area contributed by atoms with Crippen molar-refractivity contribution in [2.45, 2.75) is 39.5 Å². The average Bonchev–Trinajstić information content (AvgIpc) is 2.47. The van der Waals surface area contributed by atoms with Gasteiger partial charge in [0.05, 0.1) is 11.9 Å². The van der Waals surface area contributed by atoms with Crippen LogP contribution in [0.3, 0.4) is 0 Å². The fourth-order valence-corrected chi connectivity index (χ4v) is 2.36. The van der Waals surface area contributed by atoms with Gasteiger partial charge in [-0.05, 0) is 25.0 Å². The number of carbonyl (C=O) groups is 1. The van der Waals surface area contributed by atoms with Gasteiger partial charge in [0.1, 0.15) is 5.41 Å². The highest BCUT2D eigenvalue weighted by Gasteiger charge is 2.41. The Morgan fingerprint density at radius 3 is 2.55 bits per heavy atom. The third-order valence-corrected chi connectivity index (χ3v) is 3.31. The number of carbonyl (C=O) groups excluding carboxylic acids is 1. The predicted molar refractivity (Wildman–Crippen MR) is 78.5 cm³/mol. The Hall–Kier alpha value is -2.11. The molecule has 6 nitrogen and oxygen atoms in total. The summed E-state index contributed by atoms with van der Waals surface area (Å²) in [6.45, 7) is 3.93. The third kappa shape index (κ3) is 3.46. The zero-order chi connectivity index (χ0) is 15.0. The monoisotopic (exact) mass is 278 g/mol. The molecule has 0 spiro atoms. The highest BCUT2D eigenvalue weighted by molar-refractivity contribution is 6.11. The zero-order valence-electron chi connectivity index (χ0n) is 12.0. The molecule has 0 saturated carbocycles. The minimum Gasteiger partial charge on any atom is -0.409 e. The molecule has 1 aromatic heterocycles. The van der Waals surface area contributed by atoms with E-state index in [1.807, 2.05) is 13.8 Å². The molecule has 0 fully saturated rings. The Morgan fingerprint density at radius 1 is 1.45 bits per heavy atom. The van der Waals surface area contributed by atoms with Gasteiger partial charge in [0.25, 0.3) is 0 Å². The number of nitrogens with zero attached hydrogens (tertiary/aromatic N) is 2. The number of amidine groups is 1. The van der Waals surface area contributed by atoms with Crippen molar-refractivity contribution in [3.63, 3.8) is 0 Å². The maximum Gasteiger partial charge on any atom is 0.238 e. The topological polar surface area (TPSA) is 101 Å². The van der Waals surface area contributed by atoms with E-state index in [0.29, 0.717) is 18.5 Å². The number of hydrogen-bond donors (Lipinski definition) is 3. The van der Waals surface area contributed by atoms with Crippen molar-refractivity contribution >= 4 is 17.4 Å². The van der Waals surface area contributed by atoms with Crippen LogP contribution in [0.5, 0.6) is 0 Å². The summed E-state index contributed by atoms with van der Waals surface area (Å²) in [5.74, 6) is -0.299. The van der Waals surface area contributed by atoms with Gasteiger partial charge < -0.3 is 16.3 Å². The maximum atomic E-state index is 12.6. The molecule has 0 aliphatic rings. The number of anilines is 1. The van der Waals surface area contributed by atoms with Gasteiger partial charge in [0.15, 0.2) is 5.84 Å². The van der Waals surface area contributed by atoms with Crippen LogP contribution < -0.4 is 11.1 Å². The number of nitrogens with one attached hydrogen (secondary N) is 1. The van der Waals surface area contributed by atoms with Crippen molar-refractivity contribution in [3.8, 4) is 0 Å². The lowest BCUT2D eigenvalue weighted by atomic mass is 9.77. The number of oxime groups is 1. The second-order valence-corrected chi connectivity index (χ2v) is 4.76. The first-order valence-corrected chi connectivity index (χ1v) is 6.80. The molecule has 0 aliphatic carbocycles. The quantitative estimate of drug-likeness (QED) is 0.308. The molecular formula is C14H22N4O2. The van der Waals surface area contributed by atoms with E-state index < -0.39 is 5.41 Å². The average molecular weight is 278 g/mol. The summed E-state index contributed by atoms with van der Waals surface area (Å²) in [6.07, 6.45) is 5.77. The third-order valence-electron chi connectivity index (χ3n) is 3.31. The highest BCUT2D eigenvalue weighted by atomic mass is 16.4. The van der Waals surface area contributed by atoms with Gasteiger partial charge in [0, 0.05) is 6.20 Å².